The van der Waals surface area contributed by atoms with Crippen molar-refractivity contribution in [3.63, 3.8) is 0 Å². The Balaban J connectivity index is 1.46. The summed E-state index contributed by atoms with van der Waals surface area (Å²) in [4.78, 5) is 44.2. The van der Waals surface area contributed by atoms with Gasteiger partial charge < -0.3 is 10.2 Å². The minimum atomic E-state index is -0.379. The van der Waals surface area contributed by atoms with Crippen molar-refractivity contribution in [2.24, 2.45) is 0 Å². The standard InChI is InChI=1S/C18H16N4O3/c23-16-14-7-4-9-19-15(14)17(24)22(16)13-8-10-21(11-13)18(25)20-12-5-2-1-3-6-12/h1-7,9,13H,8,10-11H2,(H,20,25). The van der Waals surface area contributed by atoms with E-state index in [1.165, 1.54) is 11.1 Å². The Morgan fingerprint density at radius 1 is 1.08 bits per heavy atom. The number of carbonyl (C=O) groups is 3. The van der Waals surface area contributed by atoms with Gasteiger partial charge in [0.05, 0.1) is 11.6 Å². The van der Waals surface area contributed by atoms with Crippen molar-refractivity contribution in [3.8, 4) is 0 Å². The minimum absolute atomic E-state index is 0.194. The van der Waals surface area contributed by atoms with Crippen molar-refractivity contribution in [2.45, 2.75) is 12.5 Å². The van der Waals surface area contributed by atoms with Gasteiger partial charge in [0.2, 0.25) is 0 Å². The van der Waals surface area contributed by atoms with Crippen LogP contribution in [0.2, 0.25) is 0 Å². The first kappa shape index (κ1) is 15.3. The number of rotatable bonds is 2. The molecule has 25 heavy (non-hydrogen) atoms. The van der Waals surface area contributed by atoms with Crippen LogP contribution in [0.3, 0.4) is 0 Å². The maximum atomic E-state index is 12.5. The number of carbonyl (C=O) groups excluding carboxylic acids is 3. The van der Waals surface area contributed by atoms with E-state index in [1.807, 2.05) is 18.2 Å². The van der Waals surface area contributed by atoms with Gasteiger partial charge in [-0.25, -0.2) is 4.79 Å². The van der Waals surface area contributed by atoms with Crippen LogP contribution in [0.25, 0.3) is 0 Å². The molecule has 0 spiro atoms. The topological polar surface area (TPSA) is 82.6 Å². The molecule has 7 nitrogen and oxygen atoms in total. The summed E-state index contributed by atoms with van der Waals surface area (Å²) in [5.41, 5.74) is 1.24. The van der Waals surface area contributed by atoms with Gasteiger partial charge in [-0.2, -0.15) is 0 Å². The zero-order chi connectivity index (χ0) is 17.4. The molecule has 3 heterocycles. The maximum absolute atomic E-state index is 12.5. The molecular weight excluding hydrogens is 320 g/mol. The van der Waals surface area contributed by atoms with E-state index in [9.17, 15) is 14.4 Å². The molecule has 1 saturated heterocycles. The third kappa shape index (κ3) is 2.63. The second-order valence-corrected chi connectivity index (χ2v) is 6.06. The van der Waals surface area contributed by atoms with Crippen molar-refractivity contribution < 1.29 is 14.4 Å². The number of anilines is 1. The molecule has 1 atom stereocenters. The van der Waals surface area contributed by atoms with Gasteiger partial charge in [0.25, 0.3) is 11.8 Å². The predicted octanol–water partition coefficient (Wildman–Crippen LogP) is 1.98. The fourth-order valence-corrected chi connectivity index (χ4v) is 3.28. The van der Waals surface area contributed by atoms with Crippen molar-refractivity contribution in [1.29, 1.82) is 0 Å². The molecule has 7 heteroatoms. The molecule has 2 aliphatic rings. The molecule has 2 aromatic rings. The third-order valence-electron chi connectivity index (χ3n) is 4.52. The Hall–Kier alpha value is -3.22. The Morgan fingerprint density at radius 2 is 1.88 bits per heavy atom. The normalized spacial score (nSPS) is 19.3. The third-order valence-corrected chi connectivity index (χ3v) is 4.52. The largest absolute Gasteiger partial charge is 0.322 e. The van der Waals surface area contributed by atoms with E-state index < -0.39 is 0 Å². The Morgan fingerprint density at radius 3 is 2.64 bits per heavy atom. The molecule has 0 aliphatic carbocycles. The average Bonchev–Trinajstić information content (AvgIpc) is 3.20. The van der Waals surface area contributed by atoms with Gasteiger partial charge in [0.1, 0.15) is 5.69 Å². The summed E-state index contributed by atoms with van der Waals surface area (Å²) in [6.07, 6.45) is 2.06. The molecule has 2 aliphatic heterocycles. The quantitative estimate of drug-likeness (QED) is 0.850. The van der Waals surface area contributed by atoms with E-state index in [1.54, 1.807) is 29.2 Å². The first-order valence-corrected chi connectivity index (χ1v) is 8.09. The molecule has 0 bridgehead atoms. The number of para-hydroxylation sites is 1. The second kappa shape index (κ2) is 6.01. The highest BCUT2D eigenvalue weighted by atomic mass is 16.2. The lowest BCUT2D eigenvalue weighted by atomic mass is 10.2. The maximum Gasteiger partial charge on any atom is 0.321 e. The molecular formula is C18H16N4O3. The summed E-state index contributed by atoms with van der Waals surface area (Å²) in [6, 6.07) is 11.9. The van der Waals surface area contributed by atoms with Crippen molar-refractivity contribution >= 4 is 23.5 Å². The second-order valence-electron chi connectivity index (χ2n) is 6.06. The monoisotopic (exact) mass is 336 g/mol. The van der Waals surface area contributed by atoms with Crippen LogP contribution in [-0.4, -0.2) is 51.8 Å². The van der Waals surface area contributed by atoms with Gasteiger partial charge in [0.15, 0.2) is 0 Å². The molecule has 1 aromatic heterocycles. The fraction of sp³-hybridized carbons (Fsp3) is 0.222. The van der Waals surface area contributed by atoms with E-state index in [0.717, 1.165) is 0 Å². The van der Waals surface area contributed by atoms with Crippen LogP contribution >= 0.6 is 0 Å². The number of pyridine rings is 1. The number of likely N-dealkylation sites (tertiary alicyclic amines) is 1. The van der Waals surface area contributed by atoms with E-state index >= 15 is 0 Å². The lowest BCUT2D eigenvalue weighted by Crippen LogP contribution is -2.43. The zero-order valence-electron chi connectivity index (χ0n) is 13.4. The van der Waals surface area contributed by atoms with E-state index in [0.29, 0.717) is 30.8 Å². The van der Waals surface area contributed by atoms with Crippen LogP contribution in [0.1, 0.15) is 27.3 Å². The van der Waals surface area contributed by atoms with Gasteiger partial charge >= 0.3 is 6.03 Å². The van der Waals surface area contributed by atoms with Crippen LogP contribution < -0.4 is 5.32 Å². The van der Waals surface area contributed by atoms with Crippen molar-refractivity contribution in [3.05, 3.63) is 59.9 Å². The summed E-state index contributed by atoms with van der Waals surface area (Å²) in [5, 5.41) is 2.82. The predicted molar refractivity (Wildman–Crippen MR) is 90.2 cm³/mol. The highest BCUT2D eigenvalue weighted by Gasteiger charge is 2.43. The minimum Gasteiger partial charge on any atom is -0.322 e. The summed E-state index contributed by atoms with van der Waals surface area (Å²) in [5.74, 6) is -0.709. The van der Waals surface area contributed by atoms with Crippen LogP contribution in [0.15, 0.2) is 48.7 Å². The zero-order valence-corrected chi connectivity index (χ0v) is 13.4. The van der Waals surface area contributed by atoms with Gasteiger partial charge in [-0.05, 0) is 30.7 Å². The molecule has 1 aromatic carbocycles. The number of nitrogens with zero attached hydrogens (tertiary/aromatic N) is 3. The number of aromatic nitrogens is 1. The molecule has 0 saturated carbocycles. The van der Waals surface area contributed by atoms with Gasteiger partial charge in [-0.1, -0.05) is 18.2 Å². The van der Waals surface area contributed by atoms with Crippen LogP contribution in [0.5, 0.6) is 0 Å². The molecule has 4 amide bonds. The Bertz CT molecular complexity index is 817. The SMILES string of the molecule is O=C(Nc1ccccc1)N1CCC(N2C(=O)c3cccnc3C2=O)C1. The molecule has 126 valence electrons. The summed E-state index contributed by atoms with van der Waals surface area (Å²) in [7, 11) is 0. The van der Waals surface area contributed by atoms with Crippen LogP contribution in [-0.2, 0) is 0 Å². The first-order chi connectivity index (χ1) is 12.1. The van der Waals surface area contributed by atoms with Crippen molar-refractivity contribution in [2.75, 3.05) is 18.4 Å². The molecule has 4 rings (SSSR count). The van der Waals surface area contributed by atoms with E-state index in [4.69, 9.17) is 0 Å². The van der Waals surface area contributed by atoms with E-state index in [-0.39, 0.29) is 29.6 Å². The molecule has 1 N–H and O–H groups in total. The smallest absolute Gasteiger partial charge is 0.321 e. The molecule has 1 fully saturated rings. The number of benzene rings is 1. The lowest BCUT2D eigenvalue weighted by Gasteiger charge is -2.22. The summed E-state index contributed by atoms with van der Waals surface area (Å²) >= 11 is 0. The van der Waals surface area contributed by atoms with Gasteiger partial charge in [-0.3, -0.25) is 19.5 Å². The summed E-state index contributed by atoms with van der Waals surface area (Å²) in [6.45, 7) is 0.814. The number of hydrogen-bond acceptors (Lipinski definition) is 4. The number of urea groups is 1. The van der Waals surface area contributed by atoms with Gasteiger partial charge in [-0.15, -0.1) is 0 Å². The Labute approximate surface area is 144 Å². The highest BCUT2D eigenvalue weighted by molar-refractivity contribution is 6.20. The summed E-state index contributed by atoms with van der Waals surface area (Å²) < 4.78 is 0. The van der Waals surface area contributed by atoms with Crippen molar-refractivity contribution in [1.82, 2.24) is 14.8 Å². The number of amides is 4. The van der Waals surface area contributed by atoms with E-state index in [2.05, 4.69) is 10.3 Å². The number of imide groups is 1. The number of fused-ring (bicyclic) bond motifs is 1. The average molecular weight is 336 g/mol. The van der Waals surface area contributed by atoms with Crippen LogP contribution in [0.4, 0.5) is 10.5 Å². The number of nitrogens with one attached hydrogen (secondary N) is 1. The lowest BCUT2D eigenvalue weighted by molar-refractivity contribution is 0.0588. The van der Waals surface area contributed by atoms with Crippen LogP contribution in [0, 0.1) is 0 Å². The molecule has 1 unspecified atom stereocenters. The first-order valence-electron chi connectivity index (χ1n) is 8.09. The highest BCUT2D eigenvalue weighted by Crippen LogP contribution is 2.27. The Kier molecular flexibility index (Phi) is 3.68. The number of hydrogen-bond donors (Lipinski definition) is 1. The van der Waals surface area contributed by atoms with Gasteiger partial charge in [0, 0.05) is 25.0 Å². The fourth-order valence-electron chi connectivity index (χ4n) is 3.28. The molecule has 0 radical (unpaired) electrons.